The minimum Gasteiger partial charge on any atom is -0.506 e. The number of ether oxygens (including phenoxy) is 2. The van der Waals surface area contributed by atoms with Gasteiger partial charge in [-0.05, 0) is 123 Å². The van der Waals surface area contributed by atoms with Crippen molar-refractivity contribution in [3.63, 3.8) is 0 Å². The quantitative estimate of drug-likeness (QED) is 0.0898. The standard InChI is InChI=1S/C47H55FN6O6S/c1-30(2)36-6-3-4-7-37(36)40-8-5-19-54(40)33-26-47(27-33)16-20-53(21-17-47)41-12-10-38(44(43(41)48)60-34-24-32-13-18-49-45(32)51-29-34)46(56)52-61(57,58)35-9-11-39(42(55)25-35)50-28-31-14-22-59-23-15-31/h3-4,6-7,9-13,18,24-25,29-31,33,40,50,55H,5,8,14-17,19-23,26-28H2,1-2H3,(H,49,51)(H,52,56). The topological polar surface area (TPSA) is 149 Å². The molecule has 0 bridgehead atoms. The Kier molecular flexibility index (Phi) is 11.4. The van der Waals surface area contributed by atoms with Gasteiger partial charge in [-0.2, -0.15) is 0 Å². The summed E-state index contributed by atoms with van der Waals surface area (Å²) < 4.78 is 57.7. The zero-order chi connectivity index (χ0) is 42.3. The second-order valence-corrected chi connectivity index (χ2v) is 19.4. The van der Waals surface area contributed by atoms with Crippen molar-refractivity contribution in [2.24, 2.45) is 11.3 Å². The molecule has 5 heterocycles. The van der Waals surface area contributed by atoms with E-state index in [-0.39, 0.29) is 33.1 Å². The molecular weight excluding hydrogens is 796 g/mol. The monoisotopic (exact) mass is 850 g/mol. The van der Waals surface area contributed by atoms with Gasteiger partial charge < -0.3 is 29.8 Å². The van der Waals surface area contributed by atoms with Crippen LogP contribution in [0, 0.1) is 17.2 Å². The molecule has 14 heteroatoms. The molecular formula is C47H55FN6O6S. The van der Waals surface area contributed by atoms with Crippen LogP contribution in [0.1, 0.15) is 98.7 Å². The fourth-order valence-electron chi connectivity index (χ4n) is 10.1. The Morgan fingerprint density at radius 3 is 2.59 bits per heavy atom. The SMILES string of the molecule is CC(C)c1ccccc1C1CCCN1C1CC2(CCN(c3ccc(C(=O)NS(=O)(=O)c4ccc(NCC5CCOCC5)c(O)c4)c(Oc4cnc5[nH]ccc5c4)c3F)CC2)C1. The molecule has 1 aliphatic carbocycles. The molecule has 9 rings (SSSR count). The number of H-pyrrole nitrogens is 1. The number of nitrogens with one attached hydrogen (secondary N) is 3. The van der Waals surface area contributed by atoms with Crippen LogP contribution in [0.25, 0.3) is 11.0 Å². The number of phenolic OH excluding ortho intramolecular Hbond substituents is 1. The molecule has 1 unspecified atom stereocenters. The van der Waals surface area contributed by atoms with Crippen molar-refractivity contribution in [1.82, 2.24) is 19.6 Å². The van der Waals surface area contributed by atoms with Crippen molar-refractivity contribution in [3.05, 3.63) is 102 Å². The Hall–Kier alpha value is -5.18. The molecule has 4 fully saturated rings. The maximum atomic E-state index is 16.9. The highest BCUT2D eigenvalue weighted by atomic mass is 32.2. The first kappa shape index (κ1) is 41.2. The van der Waals surface area contributed by atoms with Gasteiger partial charge in [0.05, 0.1) is 28.0 Å². The molecule has 12 nitrogen and oxygen atoms in total. The molecule has 3 aromatic carbocycles. The van der Waals surface area contributed by atoms with Crippen molar-refractivity contribution >= 4 is 38.3 Å². The molecule has 1 amide bonds. The van der Waals surface area contributed by atoms with Crippen molar-refractivity contribution in [3.8, 4) is 17.2 Å². The number of carbonyl (C=O) groups is 1. The minimum absolute atomic E-state index is 0.183. The highest BCUT2D eigenvalue weighted by Crippen LogP contribution is 2.54. The van der Waals surface area contributed by atoms with Crippen molar-refractivity contribution in [2.75, 3.05) is 49.6 Å². The smallest absolute Gasteiger partial charge is 0.268 e. The van der Waals surface area contributed by atoms with E-state index in [0.717, 1.165) is 56.5 Å². The van der Waals surface area contributed by atoms with Gasteiger partial charge in [-0.15, -0.1) is 0 Å². The Morgan fingerprint density at radius 1 is 1.03 bits per heavy atom. The fraction of sp³-hybridized carbons (Fsp3) is 0.447. The Bertz CT molecular complexity index is 2510. The molecule has 3 saturated heterocycles. The van der Waals surface area contributed by atoms with E-state index in [0.29, 0.717) is 68.1 Å². The number of halogens is 1. The van der Waals surface area contributed by atoms with E-state index in [4.69, 9.17) is 9.47 Å². The molecule has 1 saturated carbocycles. The number of nitrogens with zero attached hydrogens (tertiary/aromatic N) is 3. The average molecular weight is 851 g/mol. The summed E-state index contributed by atoms with van der Waals surface area (Å²) in [6, 6.07) is 20.2. The van der Waals surface area contributed by atoms with E-state index in [1.807, 2.05) is 4.90 Å². The Labute approximate surface area is 356 Å². The summed E-state index contributed by atoms with van der Waals surface area (Å²) in [6.07, 6.45) is 11.4. The number of rotatable bonds is 12. The number of fused-ring (bicyclic) bond motifs is 1. The summed E-state index contributed by atoms with van der Waals surface area (Å²) in [5, 5.41) is 14.6. The van der Waals surface area contributed by atoms with E-state index in [1.54, 1.807) is 18.3 Å². The predicted molar refractivity (Wildman–Crippen MR) is 233 cm³/mol. The molecule has 5 aromatic rings. The second-order valence-electron chi connectivity index (χ2n) is 17.7. The maximum Gasteiger partial charge on any atom is 0.268 e. The number of aromatic amines is 1. The normalized spacial score (nSPS) is 20.0. The minimum atomic E-state index is -4.49. The van der Waals surface area contributed by atoms with Crippen LogP contribution in [-0.4, -0.2) is 79.7 Å². The van der Waals surface area contributed by atoms with Crippen LogP contribution in [0.2, 0.25) is 0 Å². The predicted octanol–water partition coefficient (Wildman–Crippen LogP) is 8.87. The summed E-state index contributed by atoms with van der Waals surface area (Å²) in [4.78, 5) is 25.7. The number of carbonyl (C=O) groups excluding carboxylic acids is 1. The lowest BCUT2D eigenvalue weighted by Gasteiger charge is -2.56. The molecule has 61 heavy (non-hydrogen) atoms. The third-order valence-electron chi connectivity index (χ3n) is 13.6. The van der Waals surface area contributed by atoms with Crippen LogP contribution < -0.4 is 19.7 Å². The first-order valence-corrected chi connectivity index (χ1v) is 23.2. The van der Waals surface area contributed by atoms with Gasteiger partial charge in [0, 0.05) is 62.6 Å². The van der Waals surface area contributed by atoms with E-state index in [9.17, 15) is 18.3 Å². The van der Waals surface area contributed by atoms with Gasteiger partial charge in [0.15, 0.2) is 11.6 Å². The third-order valence-corrected chi connectivity index (χ3v) is 14.9. The first-order chi connectivity index (χ1) is 29.5. The highest BCUT2D eigenvalue weighted by Gasteiger charge is 2.50. The zero-order valence-corrected chi connectivity index (χ0v) is 35.6. The molecule has 2 aromatic heterocycles. The lowest BCUT2D eigenvalue weighted by atomic mass is 9.59. The number of aromatic nitrogens is 2. The number of hydrogen-bond acceptors (Lipinski definition) is 10. The van der Waals surface area contributed by atoms with Crippen LogP contribution in [0.4, 0.5) is 15.8 Å². The zero-order valence-electron chi connectivity index (χ0n) is 34.8. The number of likely N-dealkylation sites (tertiary alicyclic amines) is 1. The number of hydrogen-bond donors (Lipinski definition) is 4. The lowest BCUT2D eigenvalue weighted by molar-refractivity contribution is -0.0228. The number of benzene rings is 3. The molecule has 3 aliphatic heterocycles. The summed E-state index contributed by atoms with van der Waals surface area (Å²) in [6.45, 7) is 8.92. The third kappa shape index (κ3) is 8.41. The number of anilines is 2. The summed E-state index contributed by atoms with van der Waals surface area (Å²) >= 11 is 0. The number of sulfonamides is 1. The number of pyridine rings is 1. The van der Waals surface area contributed by atoms with Gasteiger partial charge in [0.1, 0.15) is 17.1 Å². The van der Waals surface area contributed by atoms with Crippen molar-refractivity contribution in [2.45, 2.75) is 88.1 Å². The van der Waals surface area contributed by atoms with Gasteiger partial charge in [0.2, 0.25) is 0 Å². The maximum absolute atomic E-state index is 16.9. The largest absolute Gasteiger partial charge is 0.506 e. The van der Waals surface area contributed by atoms with Crippen LogP contribution in [0.15, 0.2) is 84.0 Å². The van der Waals surface area contributed by atoms with Gasteiger partial charge in [0.25, 0.3) is 15.9 Å². The van der Waals surface area contributed by atoms with Gasteiger partial charge in [-0.1, -0.05) is 38.1 Å². The van der Waals surface area contributed by atoms with E-state index >= 15 is 4.39 Å². The van der Waals surface area contributed by atoms with Crippen LogP contribution in [-0.2, 0) is 14.8 Å². The second kappa shape index (κ2) is 16.9. The molecule has 0 radical (unpaired) electrons. The van der Waals surface area contributed by atoms with Gasteiger partial charge >= 0.3 is 0 Å². The summed E-state index contributed by atoms with van der Waals surface area (Å²) in [5.74, 6) is -1.48. The van der Waals surface area contributed by atoms with E-state index < -0.39 is 27.5 Å². The molecule has 4 aliphatic rings. The van der Waals surface area contributed by atoms with Crippen LogP contribution >= 0.6 is 0 Å². The molecule has 1 atom stereocenters. The fourth-order valence-corrected chi connectivity index (χ4v) is 11.1. The van der Waals surface area contributed by atoms with Gasteiger partial charge in [-0.3, -0.25) is 9.69 Å². The Morgan fingerprint density at radius 2 is 1.82 bits per heavy atom. The summed E-state index contributed by atoms with van der Waals surface area (Å²) in [5.41, 5.74) is 4.10. The summed E-state index contributed by atoms with van der Waals surface area (Å²) in [7, 11) is -4.49. The van der Waals surface area contributed by atoms with E-state index in [2.05, 4.69) is 63.0 Å². The van der Waals surface area contributed by atoms with Crippen molar-refractivity contribution < 1.29 is 32.2 Å². The number of aromatic hydroxyl groups is 1. The van der Waals surface area contributed by atoms with E-state index in [1.165, 1.54) is 54.4 Å². The Balaban J connectivity index is 0.908. The lowest BCUT2D eigenvalue weighted by Crippen LogP contribution is -2.55. The van der Waals surface area contributed by atoms with Crippen molar-refractivity contribution in [1.29, 1.82) is 0 Å². The average Bonchev–Trinajstić information content (AvgIpc) is 3.93. The molecule has 1 spiro atoms. The van der Waals surface area contributed by atoms with Gasteiger partial charge in [-0.25, -0.2) is 22.5 Å². The molecule has 322 valence electrons. The van der Waals surface area contributed by atoms with Crippen LogP contribution in [0.3, 0.4) is 0 Å². The number of piperidine rings is 1. The number of phenols is 1. The first-order valence-electron chi connectivity index (χ1n) is 21.7. The molecule has 4 N–H and O–H groups in total. The van der Waals surface area contributed by atoms with Crippen LogP contribution in [0.5, 0.6) is 17.2 Å². The number of amides is 1. The highest BCUT2D eigenvalue weighted by molar-refractivity contribution is 7.90.